The molecule has 1 aromatic carbocycles. The monoisotopic (exact) mass is 371 g/mol. The van der Waals surface area contributed by atoms with Crippen LogP contribution in [0.25, 0.3) is 0 Å². The van der Waals surface area contributed by atoms with Crippen molar-refractivity contribution in [1.29, 1.82) is 0 Å². The van der Waals surface area contributed by atoms with Gasteiger partial charge in [0.2, 0.25) is 0 Å². The van der Waals surface area contributed by atoms with E-state index >= 15 is 0 Å². The molecule has 0 radical (unpaired) electrons. The summed E-state index contributed by atoms with van der Waals surface area (Å²) in [5.74, 6) is 1.32. The maximum atomic E-state index is 12.6. The first-order valence-electron chi connectivity index (χ1n) is 9.19. The molecule has 1 heterocycles. The molecular formula is C21H29N3O3. The van der Waals surface area contributed by atoms with Crippen LogP contribution >= 0.6 is 0 Å². The van der Waals surface area contributed by atoms with Crippen LogP contribution in [-0.2, 0) is 13.0 Å². The lowest BCUT2D eigenvalue weighted by Crippen LogP contribution is -2.39. The van der Waals surface area contributed by atoms with E-state index in [1.165, 1.54) is 5.56 Å². The van der Waals surface area contributed by atoms with Crippen molar-refractivity contribution in [1.82, 2.24) is 15.2 Å². The summed E-state index contributed by atoms with van der Waals surface area (Å²) in [6.07, 6.45) is 3.57. The van der Waals surface area contributed by atoms with Crippen LogP contribution in [0.15, 0.2) is 36.5 Å². The summed E-state index contributed by atoms with van der Waals surface area (Å²) in [4.78, 5) is 18.7. The summed E-state index contributed by atoms with van der Waals surface area (Å²) < 4.78 is 10.6. The zero-order chi connectivity index (χ0) is 19.8. The number of amides is 2. The van der Waals surface area contributed by atoms with Crippen LogP contribution in [0, 0.1) is 0 Å². The first-order chi connectivity index (χ1) is 13.0. The number of hydrogen-bond donors (Lipinski definition) is 1. The van der Waals surface area contributed by atoms with Crippen molar-refractivity contribution in [2.24, 2.45) is 0 Å². The van der Waals surface area contributed by atoms with E-state index in [9.17, 15) is 4.79 Å². The van der Waals surface area contributed by atoms with Crippen molar-refractivity contribution >= 4 is 6.03 Å². The average Bonchev–Trinajstić information content (AvgIpc) is 2.71. The molecule has 0 aliphatic heterocycles. The van der Waals surface area contributed by atoms with Crippen LogP contribution in [0.3, 0.4) is 0 Å². The van der Waals surface area contributed by atoms with Gasteiger partial charge < -0.3 is 19.7 Å². The van der Waals surface area contributed by atoms with Crippen LogP contribution in [0.1, 0.15) is 43.1 Å². The Morgan fingerprint density at radius 3 is 2.44 bits per heavy atom. The molecule has 0 bridgehead atoms. The molecule has 6 heteroatoms. The molecule has 0 saturated heterocycles. The molecule has 0 spiro atoms. The Balaban J connectivity index is 2.04. The highest BCUT2D eigenvalue weighted by atomic mass is 16.5. The summed E-state index contributed by atoms with van der Waals surface area (Å²) in [6.45, 7) is 4.58. The number of nitrogens with one attached hydrogen (secondary N) is 1. The third kappa shape index (κ3) is 5.36. The number of hydrogen-bond acceptors (Lipinski definition) is 4. The van der Waals surface area contributed by atoms with Crippen molar-refractivity contribution in [3.63, 3.8) is 0 Å². The minimum atomic E-state index is -0.141. The number of rotatable bonds is 8. The number of aromatic nitrogens is 1. The summed E-state index contributed by atoms with van der Waals surface area (Å²) in [5.41, 5.74) is 3.02. The first-order valence-corrected chi connectivity index (χ1v) is 9.19. The fourth-order valence-electron chi connectivity index (χ4n) is 2.82. The van der Waals surface area contributed by atoms with Gasteiger partial charge in [-0.25, -0.2) is 4.79 Å². The number of carbonyl (C=O) groups excluding carboxylic acids is 1. The van der Waals surface area contributed by atoms with Gasteiger partial charge in [-0.15, -0.1) is 0 Å². The lowest BCUT2D eigenvalue weighted by atomic mass is 10.0. The molecule has 0 saturated carbocycles. The minimum absolute atomic E-state index is 0.116. The Morgan fingerprint density at radius 2 is 1.89 bits per heavy atom. The van der Waals surface area contributed by atoms with Crippen LogP contribution < -0.4 is 14.8 Å². The van der Waals surface area contributed by atoms with E-state index in [0.717, 1.165) is 24.1 Å². The van der Waals surface area contributed by atoms with Crippen LogP contribution in [-0.4, -0.2) is 37.2 Å². The zero-order valence-corrected chi connectivity index (χ0v) is 16.8. The number of pyridine rings is 1. The molecule has 146 valence electrons. The molecule has 6 nitrogen and oxygen atoms in total. The lowest BCUT2D eigenvalue weighted by Gasteiger charge is -2.23. The zero-order valence-electron chi connectivity index (χ0n) is 16.8. The number of aryl methyl sites for hydroxylation is 1. The Kier molecular flexibility index (Phi) is 7.46. The largest absolute Gasteiger partial charge is 0.493 e. The predicted octanol–water partition coefficient (Wildman–Crippen LogP) is 3.95. The molecule has 2 amide bonds. The number of methoxy groups -OCH3 is 2. The van der Waals surface area contributed by atoms with E-state index in [0.29, 0.717) is 18.0 Å². The lowest BCUT2D eigenvalue weighted by molar-refractivity contribution is 0.201. The van der Waals surface area contributed by atoms with Crippen molar-refractivity contribution in [2.75, 3.05) is 21.3 Å². The van der Waals surface area contributed by atoms with E-state index in [1.807, 2.05) is 43.5 Å². The van der Waals surface area contributed by atoms with Crippen molar-refractivity contribution in [3.8, 4) is 11.5 Å². The molecule has 1 atom stereocenters. The van der Waals surface area contributed by atoms with Gasteiger partial charge in [0.25, 0.3) is 0 Å². The van der Waals surface area contributed by atoms with Gasteiger partial charge in [0, 0.05) is 13.2 Å². The summed E-state index contributed by atoms with van der Waals surface area (Å²) in [7, 11) is 4.98. The Labute approximate surface area is 161 Å². The first kappa shape index (κ1) is 20.6. The molecule has 1 aromatic heterocycles. The molecule has 0 fully saturated rings. The summed E-state index contributed by atoms with van der Waals surface area (Å²) in [6, 6.07) is 9.46. The van der Waals surface area contributed by atoms with Crippen LogP contribution in [0.2, 0.25) is 0 Å². The second kappa shape index (κ2) is 9.80. The highest BCUT2D eigenvalue weighted by Gasteiger charge is 2.18. The molecule has 2 rings (SSSR count). The molecule has 0 aliphatic rings. The Morgan fingerprint density at radius 1 is 1.15 bits per heavy atom. The van der Waals surface area contributed by atoms with Gasteiger partial charge in [-0.05, 0) is 42.2 Å². The van der Waals surface area contributed by atoms with Gasteiger partial charge in [-0.1, -0.05) is 26.0 Å². The van der Waals surface area contributed by atoms with E-state index in [2.05, 4.69) is 17.2 Å². The van der Waals surface area contributed by atoms with Crippen LogP contribution in [0.4, 0.5) is 4.79 Å². The number of nitrogens with zero attached hydrogens (tertiary/aromatic N) is 2. The molecule has 27 heavy (non-hydrogen) atoms. The SMILES string of the molecule is CCc1ccc(CN(C)C(=O)N[C@@H](CC)c2ccc(OC)c(OC)c2)nc1. The molecule has 2 aromatic rings. The summed E-state index contributed by atoms with van der Waals surface area (Å²) >= 11 is 0. The number of ether oxygens (including phenoxy) is 2. The number of benzene rings is 1. The van der Waals surface area contributed by atoms with Gasteiger partial charge in [-0.2, -0.15) is 0 Å². The average molecular weight is 371 g/mol. The van der Waals surface area contributed by atoms with E-state index in [1.54, 1.807) is 26.2 Å². The van der Waals surface area contributed by atoms with E-state index in [4.69, 9.17) is 9.47 Å². The maximum Gasteiger partial charge on any atom is 0.317 e. The third-order valence-corrected chi connectivity index (χ3v) is 4.56. The fraction of sp³-hybridized carbons (Fsp3) is 0.429. The van der Waals surface area contributed by atoms with Crippen molar-refractivity contribution < 1.29 is 14.3 Å². The number of urea groups is 1. The standard InChI is InChI=1S/C21H29N3O3/c1-6-15-8-10-17(22-13-15)14-24(3)21(25)23-18(7-2)16-9-11-19(26-4)20(12-16)27-5/h8-13,18H,6-7,14H2,1-5H3,(H,23,25)/t18-/m0/s1. The molecule has 0 unspecified atom stereocenters. The van der Waals surface area contributed by atoms with Crippen LogP contribution in [0.5, 0.6) is 11.5 Å². The normalized spacial score (nSPS) is 11.6. The van der Waals surface area contributed by atoms with Gasteiger partial charge in [0.15, 0.2) is 11.5 Å². The van der Waals surface area contributed by atoms with E-state index < -0.39 is 0 Å². The quantitative estimate of drug-likeness (QED) is 0.763. The van der Waals surface area contributed by atoms with Crippen molar-refractivity contribution in [3.05, 3.63) is 53.3 Å². The smallest absolute Gasteiger partial charge is 0.317 e. The van der Waals surface area contributed by atoms with Gasteiger partial charge in [0.05, 0.1) is 32.5 Å². The molecule has 0 aliphatic carbocycles. The molecule has 1 N–H and O–H groups in total. The van der Waals surface area contributed by atoms with Gasteiger partial charge >= 0.3 is 6.03 Å². The highest BCUT2D eigenvalue weighted by molar-refractivity contribution is 5.74. The van der Waals surface area contributed by atoms with E-state index in [-0.39, 0.29) is 12.1 Å². The Hall–Kier alpha value is -2.76. The highest BCUT2D eigenvalue weighted by Crippen LogP contribution is 2.30. The second-order valence-electron chi connectivity index (χ2n) is 6.39. The summed E-state index contributed by atoms with van der Waals surface area (Å²) in [5, 5.41) is 3.08. The Bertz CT molecular complexity index is 747. The minimum Gasteiger partial charge on any atom is -0.493 e. The maximum absolute atomic E-state index is 12.6. The third-order valence-electron chi connectivity index (χ3n) is 4.56. The predicted molar refractivity (Wildman–Crippen MR) is 106 cm³/mol. The van der Waals surface area contributed by atoms with Gasteiger partial charge in [-0.3, -0.25) is 4.98 Å². The fourth-order valence-corrected chi connectivity index (χ4v) is 2.82. The molecular weight excluding hydrogens is 342 g/mol. The van der Waals surface area contributed by atoms with Crippen molar-refractivity contribution in [2.45, 2.75) is 39.3 Å². The topological polar surface area (TPSA) is 63.7 Å². The second-order valence-corrected chi connectivity index (χ2v) is 6.39. The number of carbonyl (C=O) groups is 1. The van der Waals surface area contributed by atoms with Gasteiger partial charge in [0.1, 0.15) is 0 Å².